The Balaban J connectivity index is 1.38. The molecule has 4 aromatic rings. The molecule has 1 aliphatic heterocycles. The molecule has 0 saturated carbocycles. The first-order valence-corrected chi connectivity index (χ1v) is 9.60. The van der Waals surface area contributed by atoms with E-state index in [0.717, 1.165) is 0 Å². The molecule has 1 aromatic heterocycles. The molecule has 0 radical (unpaired) electrons. The Hall–Kier alpha value is -4.46. The van der Waals surface area contributed by atoms with Crippen LogP contribution in [0.3, 0.4) is 0 Å². The van der Waals surface area contributed by atoms with Gasteiger partial charge in [-0.3, -0.25) is 4.79 Å². The molecule has 0 bridgehead atoms. The maximum absolute atomic E-state index is 12.8. The molecule has 32 heavy (non-hydrogen) atoms. The Bertz CT molecular complexity index is 1390. The summed E-state index contributed by atoms with van der Waals surface area (Å²) >= 11 is 0. The third-order valence-electron chi connectivity index (χ3n) is 4.80. The number of hydrogen-bond acceptors (Lipinski definition) is 8. The average Bonchev–Trinajstić information content (AvgIpc) is 3.29. The molecule has 2 heterocycles. The van der Waals surface area contributed by atoms with Gasteiger partial charge in [0.2, 0.25) is 18.0 Å². The summed E-state index contributed by atoms with van der Waals surface area (Å²) in [6.45, 7) is 0.112. The van der Waals surface area contributed by atoms with Crippen molar-refractivity contribution in [3.05, 3.63) is 82.7 Å². The Morgan fingerprint density at radius 1 is 0.906 bits per heavy atom. The molecule has 8 nitrogen and oxygen atoms in total. The van der Waals surface area contributed by atoms with Crippen molar-refractivity contribution in [2.45, 2.75) is 0 Å². The standard InChI is InChI=1S/C24H16O8/c1-27-15-3-2-4-16(10-15)31-22-12-28-20-11-17(6-7-18(20)23(22)25)32-24(26)14-5-8-19-21(9-14)30-13-29-19/h2-12H,13H2,1H3. The van der Waals surface area contributed by atoms with Crippen LogP contribution in [-0.2, 0) is 0 Å². The molecule has 0 fully saturated rings. The number of carbonyl (C=O) groups excluding carboxylic acids is 1. The maximum atomic E-state index is 12.8. The van der Waals surface area contributed by atoms with Crippen LogP contribution in [-0.4, -0.2) is 19.9 Å². The number of carbonyl (C=O) groups is 1. The molecule has 0 spiro atoms. The molecule has 8 heteroatoms. The van der Waals surface area contributed by atoms with Crippen LogP contribution in [0.5, 0.6) is 34.5 Å². The minimum absolute atomic E-state index is 0.0239. The lowest BCUT2D eigenvalue weighted by molar-refractivity contribution is 0.0734. The number of esters is 1. The second-order valence-electron chi connectivity index (χ2n) is 6.83. The Morgan fingerprint density at radius 3 is 2.62 bits per heavy atom. The van der Waals surface area contributed by atoms with E-state index in [9.17, 15) is 9.59 Å². The first-order valence-electron chi connectivity index (χ1n) is 9.60. The summed E-state index contributed by atoms with van der Waals surface area (Å²) in [6, 6.07) is 16.1. The van der Waals surface area contributed by atoms with Gasteiger partial charge in [0.05, 0.1) is 18.1 Å². The van der Waals surface area contributed by atoms with E-state index < -0.39 is 5.97 Å². The molecule has 3 aromatic carbocycles. The van der Waals surface area contributed by atoms with Crippen LogP contribution < -0.4 is 29.1 Å². The third-order valence-corrected chi connectivity index (χ3v) is 4.80. The molecular formula is C24H16O8. The quantitative estimate of drug-likeness (QED) is 0.335. The average molecular weight is 432 g/mol. The number of ether oxygens (including phenoxy) is 5. The Labute approximate surface area is 181 Å². The number of benzene rings is 3. The summed E-state index contributed by atoms with van der Waals surface area (Å²) in [6.07, 6.45) is 1.22. The summed E-state index contributed by atoms with van der Waals surface area (Å²) in [5, 5.41) is 0.285. The van der Waals surface area contributed by atoms with Gasteiger partial charge in [-0.05, 0) is 42.5 Å². The van der Waals surface area contributed by atoms with E-state index in [1.807, 2.05) is 0 Å². The van der Waals surface area contributed by atoms with Crippen molar-refractivity contribution in [3.8, 4) is 34.5 Å². The van der Waals surface area contributed by atoms with E-state index in [0.29, 0.717) is 28.6 Å². The molecule has 1 aliphatic rings. The molecule has 5 rings (SSSR count). The number of hydrogen-bond donors (Lipinski definition) is 0. The van der Waals surface area contributed by atoms with E-state index in [4.69, 9.17) is 28.1 Å². The van der Waals surface area contributed by atoms with Gasteiger partial charge < -0.3 is 28.1 Å². The van der Waals surface area contributed by atoms with E-state index >= 15 is 0 Å². The summed E-state index contributed by atoms with van der Waals surface area (Å²) in [4.78, 5) is 25.3. The second kappa shape index (κ2) is 7.99. The molecule has 0 atom stereocenters. The van der Waals surface area contributed by atoms with Gasteiger partial charge in [-0.1, -0.05) is 6.07 Å². The lowest BCUT2D eigenvalue weighted by Gasteiger charge is -2.08. The van der Waals surface area contributed by atoms with Crippen LogP contribution in [0.25, 0.3) is 11.0 Å². The smallest absolute Gasteiger partial charge is 0.343 e. The van der Waals surface area contributed by atoms with E-state index in [2.05, 4.69) is 0 Å². The molecule has 160 valence electrons. The number of fused-ring (bicyclic) bond motifs is 2. The SMILES string of the molecule is COc1cccc(Oc2coc3cc(OC(=O)c4ccc5c(c4)OCO5)ccc3c2=O)c1. The van der Waals surface area contributed by atoms with Gasteiger partial charge in [-0.25, -0.2) is 4.79 Å². The summed E-state index contributed by atoms with van der Waals surface area (Å²) in [5.41, 5.74) is 0.199. The van der Waals surface area contributed by atoms with Crippen LogP contribution in [0, 0.1) is 0 Å². The van der Waals surface area contributed by atoms with Crippen molar-refractivity contribution in [1.82, 2.24) is 0 Å². The van der Waals surface area contributed by atoms with Crippen molar-refractivity contribution in [1.29, 1.82) is 0 Å². The summed E-state index contributed by atoms with van der Waals surface area (Å²) < 4.78 is 32.3. The van der Waals surface area contributed by atoms with Gasteiger partial charge in [-0.15, -0.1) is 0 Å². The molecular weight excluding hydrogens is 416 g/mol. The molecule has 0 saturated heterocycles. The zero-order valence-corrected chi connectivity index (χ0v) is 16.8. The third kappa shape index (κ3) is 3.69. The Kier molecular flexibility index (Phi) is 4.87. The maximum Gasteiger partial charge on any atom is 0.343 e. The van der Waals surface area contributed by atoms with Gasteiger partial charge in [-0.2, -0.15) is 0 Å². The number of rotatable bonds is 5. The number of methoxy groups -OCH3 is 1. The highest BCUT2D eigenvalue weighted by atomic mass is 16.7. The van der Waals surface area contributed by atoms with Gasteiger partial charge >= 0.3 is 5.97 Å². The fourth-order valence-corrected chi connectivity index (χ4v) is 3.21. The zero-order chi connectivity index (χ0) is 22.1. The monoisotopic (exact) mass is 432 g/mol. The van der Waals surface area contributed by atoms with Crippen LogP contribution in [0.1, 0.15) is 10.4 Å². The lowest BCUT2D eigenvalue weighted by Crippen LogP contribution is -2.09. The van der Waals surface area contributed by atoms with E-state index in [1.165, 1.54) is 24.5 Å². The van der Waals surface area contributed by atoms with Gasteiger partial charge in [0, 0.05) is 12.1 Å². The van der Waals surface area contributed by atoms with E-state index in [-0.39, 0.29) is 34.7 Å². The Morgan fingerprint density at radius 2 is 1.75 bits per heavy atom. The molecule has 0 amide bonds. The van der Waals surface area contributed by atoms with Crippen molar-refractivity contribution in [2.75, 3.05) is 13.9 Å². The predicted octanol–water partition coefficient (Wildman–Crippen LogP) is 4.54. The molecule has 0 unspecified atom stereocenters. The first-order chi connectivity index (χ1) is 15.6. The van der Waals surface area contributed by atoms with E-state index in [1.54, 1.807) is 49.6 Å². The van der Waals surface area contributed by atoms with Crippen LogP contribution in [0.15, 0.2) is 76.1 Å². The van der Waals surface area contributed by atoms with Crippen LogP contribution in [0.2, 0.25) is 0 Å². The van der Waals surface area contributed by atoms with Crippen LogP contribution in [0.4, 0.5) is 0 Å². The van der Waals surface area contributed by atoms with Gasteiger partial charge in [0.15, 0.2) is 11.5 Å². The highest BCUT2D eigenvalue weighted by Crippen LogP contribution is 2.33. The summed E-state index contributed by atoms with van der Waals surface area (Å²) in [7, 11) is 1.54. The van der Waals surface area contributed by atoms with Gasteiger partial charge in [0.1, 0.15) is 29.1 Å². The van der Waals surface area contributed by atoms with Crippen molar-refractivity contribution in [2.24, 2.45) is 0 Å². The second-order valence-corrected chi connectivity index (χ2v) is 6.83. The highest BCUT2D eigenvalue weighted by Gasteiger charge is 2.18. The first kappa shape index (κ1) is 19.5. The van der Waals surface area contributed by atoms with Crippen molar-refractivity contribution < 1.29 is 32.9 Å². The summed E-state index contributed by atoms with van der Waals surface area (Å²) in [5.74, 6) is 1.75. The molecule has 0 aliphatic carbocycles. The van der Waals surface area contributed by atoms with Crippen LogP contribution >= 0.6 is 0 Å². The zero-order valence-electron chi connectivity index (χ0n) is 16.8. The highest BCUT2D eigenvalue weighted by molar-refractivity contribution is 5.92. The minimum atomic E-state index is -0.581. The lowest BCUT2D eigenvalue weighted by atomic mass is 10.2. The minimum Gasteiger partial charge on any atom is -0.497 e. The fourth-order valence-electron chi connectivity index (χ4n) is 3.21. The largest absolute Gasteiger partial charge is 0.497 e. The van der Waals surface area contributed by atoms with Crippen molar-refractivity contribution >= 4 is 16.9 Å². The normalized spacial score (nSPS) is 11.9. The fraction of sp³-hybridized carbons (Fsp3) is 0.0833. The molecule has 0 N–H and O–H groups in total. The topological polar surface area (TPSA) is 93.4 Å². The predicted molar refractivity (Wildman–Crippen MR) is 113 cm³/mol. The van der Waals surface area contributed by atoms with Gasteiger partial charge in [0.25, 0.3) is 0 Å². The van der Waals surface area contributed by atoms with Crippen molar-refractivity contribution in [3.63, 3.8) is 0 Å².